The standard InChI is InChI=1S/C19H20N4O/c1-2-15-5-3-6-18(13-15)22-19(24)21-17-9-7-16(8-10-17)14-23-12-4-11-20-23/h3-13H,2,14H2,1H3,(H2,21,22,24). The van der Waals surface area contributed by atoms with Gasteiger partial charge in [0.2, 0.25) is 0 Å². The van der Waals surface area contributed by atoms with Crippen molar-refractivity contribution in [3.8, 4) is 0 Å². The molecule has 2 amide bonds. The average Bonchev–Trinajstić information content (AvgIpc) is 3.10. The minimum Gasteiger partial charge on any atom is -0.308 e. The molecule has 0 aliphatic rings. The molecule has 3 rings (SSSR count). The molecule has 2 aromatic carbocycles. The fraction of sp³-hybridized carbons (Fsp3) is 0.158. The van der Waals surface area contributed by atoms with Crippen LogP contribution in [0.1, 0.15) is 18.1 Å². The highest BCUT2D eigenvalue weighted by molar-refractivity contribution is 5.99. The molecule has 0 saturated carbocycles. The molecular formula is C19H20N4O. The van der Waals surface area contributed by atoms with Crippen molar-refractivity contribution in [2.75, 3.05) is 10.6 Å². The molecule has 1 aromatic heterocycles. The number of urea groups is 1. The van der Waals surface area contributed by atoms with Crippen LogP contribution >= 0.6 is 0 Å². The van der Waals surface area contributed by atoms with Gasteiger partial charge in [0.1, 0.15) is 0 Å². The third-order valence-electron chi connectivity index (χ3n) is 3.71. The first-order chi connectivity index (χ1) is 11.7. The monoisotopic (exact) mass is 320 g/mol. The van der Waals surface area contributed by atoms with E-state index in [1.165, 1.54) is 5.56 Å². The number of anilines is 2. The second-order valence-electron chi connectivity index (χ2n) is 5.53. The number of carbonyl (C=O) groups excluding carboxylic acids is 1. The first-order valence-electron chi connectivity index (χ1n) is 7.96. The SMILES string of the molecule is CCc1cccc(NC(=O)Nc2ccc(Cn3cccn3)cc2)c1. The molecule has 2 N–H and O–H groups in total. The zero-order valence-corrected chi connectivity index (χ0v) is 13.6. The maximum atomic E-state index is 12.1. The lowest BCUT2D eigenvalue weighted by atomic mass is 10.1. The van der Waals surface area contributed by atoms with Gasteiger partial charge in [-0.2, -0.15) is 5.10 Å². The minimum atomic E-state index is -0.247. The zero-order chi connectivity index (χ0) is 16.8. The summed E-state index contributed by atoms with van der Waals surface area (Å²) in [6.45, 7) is 2.80. The molecule has 0 fully saturated rings. The summed E-state index contributed by atoms with van der Waals surface area (Å²) in [5.41, 5.74) is 3.86. The number of amides is 2. The molecule has 0 unspecified atom stereocenters. The molecule has 1 heterocycles. The maximum absolute atomic E-state index is 12.1. The highest BCUT2D eigenvalue weighted by atomic mass is 16.2. The highest BCUT2D eigenvalue weighted by Crippen LogP contribution is 2.13. The molecule has 0 spiro atoms. The van der Waals surface area contributed by atoms with E-state index in [4.69, 9.17) is 0 Å². The molecule has 5 nitrogen and oxygen atoms in total. The summed E-state index contributed by atoms with van der Waals surface area (Å²) in [5, 5.41) is 9.87. The van der Waals surface area contributed by atoms with Crippen LogP contribution in [-0.4, -0.2) is 15.8 Å². The van der Waals surface area contributed by atoms with E-state index < -0.39 is 0 Å². The van der Waals surface area contributed by atoms with Gasteiger partial charge in [0.25, 0.3) is 0 Å². The molecular weight excluding hydrogens is 300 g/mol. The van der Waals surface area contributed by atoms with E-state index in [1.54, 1.807) is 6.20 Å². The van der Waals surface area contributed by atoms with Gasteiger partial charge >= 0.3 is 6.03 Å². The Morgan fingerprint density at radius 3 is 2.50 bits per heavy atom. The smallest absolute Gasteiger partial charge is 0.308 e. The van der Waals surface area contributed by atoms with Crippen LogP contribution in [0.2, 0.25) is 0 Å². The molecule has 0 atom stereocenters. The first-order valence-corrected chi connectivity index (χ1v) is 7.96. The average molecular weight is 320 g/mol. The molecule has 0 saturated heterocycles. The molecule has 0 radical (unpaired) electrons. The molecule has 24 heavy (non-hydrogen) atoms. The van der Waals surface area contributed by atoms with Gasteiger partial charge in [0.05, 0.1) is 6.54 Å². The van der Waals surface area contributed by atoms with Crippen LogP contribution in [0.4, 0.5) is 16.2 Å². The number of aromatic nitrogens is 2. The first kappa shape index (κ1) is 15.8. The van der Waals surface area contributed by atoms with Crippen molar-refractivity contribution >= 4 is 17.4 Å². The molecule has 0 bridgehead atoms. The van der Waals surface area contributed by atoms with Crippen molar-refractivity contribution in [1.82, 2.24) is 9.78 Å². The van der Waals surface area contributed by atoms with Gasteiger partial charge in [0, 0.05) is 23.8 Å². The largest absolute Gasteiger partial charge is 0.323 e. The molecule has 5 heteroatoms. The summed E-state index contributed by atoms with van der Waals surface area (Å²) in [7, 11) is 0. The Balaban J connectivity index is 1.57. The summed E-state index contributed by atoms with van der Waals surface area (Å²) in [6, 6.07) is 17.2. The third-order valence-corrected chi connectivity index (χ3v) is 3.71. The van der Waals surface area contributed by atoms with Gasteiger partial charge in [-0.3, -0.25) is 4.68 Å². The van der Waals surface area contributed by atoms with Crippen molar-refractivity contribution in [2.45, 2.75) is 19.9 Å². The number of hydrogen-bond donors (Lipinski definition) is 2. The molecule has 0 aliphatic carbocycles. The van der Waals surface area contributed by atoms with Gasteiger partial charge in [-0.25, -0.2) is 4.79 Å². The quantitative estimate of drug-likeness (QED) is 0.742. The Morgan fingerprint density at radius 2 is 1.79 bits per heavy atom. The Labute approximate surface area is 141 Å². The van der Waals surface area contributed by atoms with Crippen LogP contribution in [0, 0.1) is 0 Å². The van der Waals surface area contributed by atoms with E-state index >= 15 is 0 Å². The topological polar surface area (TPSA) is 59.0 Å². The predicted molar refractivity (Wildman–Crippen MR) is 96.2 cm³/mol. The Bertz CT molecular complexity index is 794. The molecule has 0 aliphatic heterocycles. The van der Waals surface area contributed by atoms with Crippen molar-refractivity contribution in [1.29, 1.82) is 0 Å². The Hall–Kier alpha value is -3.08. The Kier molecular flexibility index (Phi) is 4.91. The second-order valence-corrected chi connectivity index (χ2v) is 5.53. The van der Waals surface area contributed by atoms with E-state index in [-0.39, 0.29) is 6.03 Å². The zero-order valence-electron chi connectivity index (χ0n) is 13.6. The number of carbonyl (C=O) groups is 1. The predicted octanol–water partition coefficient (Wildman–Crippen LogP) is 4.14. The van der Waals surface area contributed by atoms with E-state index in [2.05, 4.69) is 22.7 Å². The van der Waals surface area contributed by atoms with Crippen LogP contribution in [0.3, 0.4) is 0 Å². The fourth-order valence-corrected chi connectivity index (χ4v) is 2.44. The van der Waals surface area contributed by atoms with Crippen molar-refractivity contribution in [3.05, 3.63) is 78.1 Å². The molecule has 3 aromatic rings. The fourth-order valence-electron chi connectivity index (χ4n) is 2.44. The highest BCUT2D eigenvalue weighted by Gasteiger charge is 2.03. The van der Waals surface area contributed by atoms with Crippen LogP contribution in [0.25, 0.3) is 0 Å². The summed E-state index contributed by atoms with van der Waals surface area (Å²) in [5.74, 6) is 0. The van der Waals surface area contributed by atoms with Crippen LogP contribution in [-0.2, 0) is 13.0 Å². The van der Waals surface area contributed by atoms with Gasteiger partial charge in [-0.05, 0) is 47.9 Å². The van der Waals surface area contributed by atoms with Gasteiger partial charge in [-0.1, -0.05) is 31.2 Å². The maximum Gasteiger partial charge on any atom is 0.323 e. The normalized spacial score (nSPS) is 10.4. The van der Waals surface area contributed by atoms with Crippen molar-refractivity contribution < 1.29 is 4.79 Å². The minimum absolute atomic E-state index is 0.247. The third kappa shape index (κ3) is 4.23. The number of hydrogen-bond acceptors (Lipinski definition) is 2. The van der Waals surface area contributed by atoms with E-state index in [1.807, 2.05) is 65.5 Å². The summed E-state index contributed by atoms with van der Waals surface area (Å²) in [6.07, 6.45) is 4.62. The van der Waals surface area contributed by atoms with Crippen LogP contribution < -0.4 is 10.6 Å². The number of nitrogens with one attached hydrogen (secondary N) is 2. The van der Waals surface area contributed by atoms with E-state index in [0.717, 1.165) is 23.4 Å². The van der Waals surface area contributed by atoms with Gasteiger partial charge in [0.15, 0.2) is 0 Å². The number of benzene rings is 2. The lowest BCUT2D eigenvalue weighted by molar-refractivity contribution is 0.262. The Morgan fingerprint density at radius 1 is 1.00 bits per heavy atom. The number of aryl methyl sites for hydroxylation is 1. The van der Waals surface area contributed by atoms with Gasteiger partial charge < -0.3 is 10.6 Å². The van der Waals surface area contributed by atoms with Crippen LogP contribution in [0.15, 0.2) is 67.0 Å². The molecule has 122 valence electrons. The van der Waals surface area contributed by atoms with Crippen LogP contribution in [0.5, 0.6) is 0 Å². The summed E-state index contributed by atoms with van der Waals surface area (Å²) < 4.78 is 1.86. The lowest BCUT2D eigenvalue weighted by Gasteiger charge is -2.09. The number of rotatable bonds is 5. The van der Waals surface area contributed by atoms with Gasteiger partial charge in [-0.15, -0.1) is 0 Å². The summed E-state index contributed by atoms with van der Waals surface area (Å²) >= 11 is 0. The lowest BCUT2D eigenvalue weighted by Crippen LogP contribution is -2.19. The van der Waals surface area contributed by atoms with Crippen molar-refractivity contribution in [2.24, 2.45) is 0 Å². The van der Waals surface area contributed by atoms with E-state index in [0.29, 0.717) is 6.54 Å². The number of nitrogens with zero attached hydrogens (tertiary/aromatic N) is 2. The van der Waals surface area contributed by atoms with E-state index in [9.17, 15) is 4.79 Å². The van der Waals surface area contributed by atoms with Crippen molar-refractivity contribution in [3.63, 3.8) is 0 Å². The summed E-state index contributed by atoms with van der Waals surface area (Å²) in [4.78, 5) is 12.1. The second kappa shape index (κ2) is 7.46.